The molecule has 3 heterocycles. The van der Waals surface area contributed by atoms with Gasteiger partial charge in [-0.05, 0) is 55.5 Å². The van der Waals surface area contributed by atoms with Gasteiger partial charge in [-0.3, -0.25) is 0 Å². The third-order valence-corrected chi connectivity index (χ3v) is 6.31. The lowest BCUT2D eigenvalue weighted by Gasteiger charge is -2.40. The van der Waals surface area contributed by atoms with Gasteiger partial charge in [-0.1, -0.05) is 6.07 Å². The van der Waals surface area contributed by atoms with Crippen LogP contribution in [0.15, 0.2) is 42.7 Å². The van der Waals surface area contributed by atoms with Gasteiger partial charge in [0.05, 0.1) is 18.9 Å². The first-order valence-corrected chi connectivity index (χ1v) is 10.6. The van der Waals surface area contributed by atoms with Crippen LogP contribution in [-0.2, 0) is 4.74 Å². The van der Waals surface area contributed by atoms with Gasteiger partial charge in [0.25, 0.3) is 0 Å². The second kappa shape index (κ2) is 8.26. The zero-order valence-corrected chi connectivity index (χ0v) is 17.4. The number of hydrogen-bond acceptors (Lipinski definition) is 5. The summed E-state index contributed by atoms with van der Waals surface area (Å²) < 4.78 is 33.7. The molecule has 6 nitrogen and oxygen atoms in total. The second-order valence-electron chi connectivity index (χ2n) is 8.39. The number of piperidine rings is 1. The number of hydrogen-bond donors (Lipinski definition) is 1. The zero-order chi connectivity index (χ0) is 21.4. The van der Waals surface area contributed by atoms with Gasteiger partial charge < -0.3 is 15.0 Å². The topological polar surface area (TPSA) is 55.2 Å². The van der Waals surface area contributed by atoms with E-state index in [1.165, 1.54) is 41.7 Å². The lowest BCUT2D eigenvalue weighted by atomic mass is 9.83. The molecule has 0 unspecified atom stereocenters. The van der Waals surface area contributed by atoms with Gasteiger partial charge in [-0.2, -0.15) is 4.98 Å². The molecule has 0 atom stereocenters. The molecule has 31 heavy (non-hydrogen) atoms. The summed E-state index contributed by atoms with van der Waals surface area (Å²) >= 11 is 0. The van der Waals surface area contributed by atoms with Crippen molar-refractivity contribution >= 4 is 17.3 Å². The van der Waals surface area contributed by atoms with Crippen molar-refractivity contribution in [1.82, 2.24) is 14.8 Å². The summed E-state index contributed by atoms with van der Waals surface area (Å²) in [6.45, 7) is 5.95. The van der Waals surface area contributed by atoms with E-state index in [9.17, 15) is 8.78 Å². The first kappa shape index (κ1) is 19.9. The van der Waals surface area contributed by atoms with E-state index >= 15 is 0 Å². The predicted octanol–water partition coefficient (Wildman–Crippen LogP) is 4.46. The molecule has 3 aromatic rings. The Morgan fingerprint density at radius 3 is 2.39 bits per heavy atom. The molecular formula is C23H25F2N5O. The Morgan fingerprint density at radius 1 is 0.968 bits per heavy atom. The third kappa shape index (κ3) is 4.25. The lowest BCUT2D eigenvalue weighted by molar-refractivity contribution is -0.0650. The van der Waals surface area contributed by atoms with Crippen LogP contribution in [0.25, 0.3) is 5.69 Å². The average Bonchev–Trinajstić information content (AvgIpc) is 3.17. The maximum Gasteiger partial charge on any atom is 0.246 e. The van der Waals surface area contributed by atoms with Crippen molar-refractivity contribution in [3.63, 3.8) is 0 Å². The first-order chi connectivity index (χ1) is 15.0. The van der Waals surface area contributed by atoms with Crippen molar-refractivity contribution in [3.8, 4) is 5.69 Å². The molecule has 0 amide bonds. The van der Waals surface area contributed by atoms with Gasteiger partial charge in [0.2, 0.25) is 5.95 Å². The summed E-state index contributed by atoms with van der Waals surface area (Å²) in [7, 11) is 0. The SMILES string of the molecule is Cc1ccc(N2CCC(C3COC3)CC2)cc1Nc1ncn(-c2cc(F)cc(F)c2)n1. The summed E-state index contributed by atoms with van der Waals surface area (Å²) in [6.07, 6.45) is 3.83. The van der Waals surface area contributed by atoms with Crippen LogP contribution in [0.2, 0.25) is 0 Å². The Morgan fingerprint density at radius 2 is 1.71 bits per heavy atom. The number of ether oxygens (including phenoxy) is 1. The largest absolute Gasteiger partial charge is 0.381 e. The number of benzene rings is 2. The Hall–Kier alpha value is -3.00. The van der Waals surface area contributed by atoms with Gasteiger partial charge in [-0.25, -0.2) is 13.5 Å². The first-order valence-electron chi connectivity index (χ1n) is 10.6. The Kier molecular flexibility index (Phi) is 5.31. The molecule has 0 spiro atoms. The third-order valence-electron chi connectivity index (χ3n) is 6.31. The molecule has 0 bridgehead atoms. The van der Waals surface area contributed by atoms with Crippen LogP contribution < -0.4 is 10.2 Å². The fourth-order valence-corrected chi connectivity index (χ4v) is 4.33. The van der Waals surface area contributed by atoms with Crippen LogP contribution in [0.4, 0.5) is 26.1 Å². The highest BCUT2D eigenvalue weighted by Gasteiger charge is 2.31. The fraction of sp³-hybridized carbons (Fsp3) is 0.391. The molecule has 5 rings (SSSR count). The molecule has 1 N–H and O–H groups in total. The van der Waals surface area contributed by atoms with Crippen LogP contribution in [0.1, 0.15) is 18.4 Å². The number of aryl methyl sites for hydroxylation is 1. The van der Waals surface area contributed by atoms with Crippen molar-refractivity contribution in [2.45, 2.75) is 19.8 Å². The molecule has 2 fully saturated rings. The number of anilines is 3. The number of aromatic nitrogens is 3. The van der Waals surface area contributed by atoms with E-state index in [1.807, 2.05) is 6.92 Å². The summed E-state index contributed by atoms with van der Waals surface area (Å²) in [4.78, 5) is 6.66. The number of halogens is 2. The Bertz CT molecular complexity index is 1050. The van der Waals surface area contributed by atoms with Gasteiger partial charge >= 0.3 is 0 Å². The van der Waals surface area contributed by atoms with Gasteiger partial charge in [0, 0.05) is 36.4 Å². The van der Waals surface area contributed by atoms with E-state index in [2.05, 4.69) is 38.5 Å². The molecular weight excluding hydrogens is 400 g/mol. The van der Waals surface area contributed by atoms with Crippen molar-refractivity contribution < 1.29 is 13.5 Å². The fourth-order valence-electron chi connectivity index (χ4n) is 4.33. The smallest absolute Gasteiger partial charge is 0.246 e. The summed E-state index contributed by atoms with van der Waals surface area (Å²) in [5, 5.41) is 7.56. The molecule has 2 saturated heterocycles. The van der Waals surface area contributed by atoms with Crippen LogP contribution in [0.5, 0.6) is 0 Å². The van der Waals surface area contributed by atoms with E-state index in [-0.39, 0.29) is 5.69 Å². The molecule has 2 aromatic carbocycles. The standard InChI is InChI=1S/C23H25F2N5O/c1-15-2-3-20(29-6-4-16(5-7-29)17-12-31-13-17)11-22(15)27-23-26-14-30(28-23)21-9-18(24)8-19(25)10-21/h2-3,8-11,14,16-17H,4-7,12-13H2,1H3,(H,27,28). The highest BCUT2D eigenvalue weighted by Crippen LogP contribution is 2.33. The van der Waals surface area contributed by atoms with Crippen LogP contribution in [-0.4, -0.2) is 41.1 Å². The lowest BCUT2D eigenvalue weighted by Crippen LogP contribution is -2.42. The molecule has 0 radical (unpaired) electrons. The van der Waals surface area contributed by atoms with Crippen molar-refractivity contribution in [2.75, 3.05) is 36.5 Å². The molecule has 162 valence electrons. The summed E-state index contributed by atoms with van der Waals surface area (Å²) in [6, 6.07) is 9.61. The maximum absolute atomic E-state index is 13.5. The number of nitrogens with one attached hydrogen (secondary N) is 1. The molecule has 0 aliphatic carbocycles. The van der Waals surface area contributed by atoms with Crippen LogP contribution in [0, 0.1) is 30.4 Å². The highest BCUT2D eigenvalue weighted by atomic mass is 19.1. The molecule has 1 aromatic heterocycles. The molecule has 8 heteroatoms. The minimum absolute atomic E-state index is 0.281. The normalized spacial score (nSPS) is 17.6. The minimum atomic E-state index is -0.655. The Balaban J connectivity index is 1.29. The van der Waals surface area contributed by atoms with Crippen molar-refractivity contribution in [3.05, 3.63) is 59.9 Å². The summed E-state index contributed by atoms with van der Waals surface area (Å²) in [5.74, 6) is 0.571. The predicted molar refractivity (Wildman–Crippen MR) is 115 cm³/mol. The van der Waals surface area contributed by atoms with Crippen LogP contribution >= 0.6 is 0 Å². The van der Waals surface area contributed by atoms with Gasteiger partial charge in [-0.15, -0.1) is 5.10 Å². The van der Waals surface area contributed by atoms with E-state index in [0.29, 0.717) is 5.95 Å². The zero-order valence-electron chi connectivity index (χ0n) is 17.4. The highest BCUT2D eigenvalue weighted by molar-refractivity contribution is 5.66. The number of rotatable bonds is 5. The van der Waals surface area contributed by atoms with Gasteiger partial charge in [0.15, 0.2) is 0 Å². The Labute approximate surface area is 179 Å². The molecule has 2 aliphatic heterocycles. The summed E-state index contributed by atoms with van der Waals surface area (Å²) in [5.41, 5.74) is 3.43. The maximum atomic E-state index is 13.5. The van der Waals surface area contributed by atoms with E-state index in [4.69, 9.17) is 4.74 Å². The average molecular weight is 425 g/mol. The van der Waals surface area contributed by atoms with Gasteiger partial charge in [0.1, 0.15) is 18.0 Å². The molecule has 0 saturated carbocycles. The minimum Gasteiger partial charge on any atom is -0.381 e. The quantitative estimate of drug-likeness (QED) is 0.654. The molecule has 2 aliphatic rings. The van der Waals surface area contributed by atoms with Crippen molar-refractivity contribution in [2.24, 2.45) is 11.8 Å². The van der Waals surface area contributed by atoms with Crippen LogP contribution in [0.3, 0.4) is 0 Å². The van der Waals surface area contributed by atoms with E-state index in [0.717, 1.165) is 55.5 Å². The number of nitrogens with zero attached hydrogens (tertiary/aromatic N) is 4. The van der Waals surface area contributed by atoms with E-state index in [1.54, 1.807) is 0 Å². The monoisotopic (exact) mass is 425 g/mol. The second-order valence-corrected chi connectivity index (χ2v) is 8.39. The van der Waals surface area contributed by atoms with Crippen molar-refractivity contribution in [1.29, 1.82) is 0 Å². The van der Waals surface area contributed by atoms with E-state index < -0.39 is 11.6 Å².